The van der Waals surface area contributed by atoms with Gasteiger partial charge in [-0.2, -0.15) is 0 Å². The van der Waals surface area contributed by atoms with Gasteiger partial charge in [0.25, 0.3) is 5.56 Å². The molecule has 0 spiro atoms. The zero-order chi connectivity index (χ0) is 19.8. The number of piperidine rings is 1. The van der Waals surface area contributed by atoms with Crippen LogP contribution in [0.4, 0.5) is 4.39 Å². The van der Waals surface area contributed by atoms with E-state index < -0.39 is 11.5 Å². The fourth-order valence-corrected chi connectivity index (χ4v) is 4.63. The van der Waals surface area contributed by atoms with Crippen LogP contribution in [-0.2, 0) is 11.2 Å². The second kappa shape index (κ2) is 7.52. The van der Waals surface area contributed by atoms with E-state index in [4.69, 9.17) is 11.6 Å². The molecule has 2 aromatic heterocycles. The van der Waals surface area contributed by atoms with Gasteiger partial charge in [-0.25, -0.2) is 9.18 Å². The summed E-state index contributed by atoms with van der Waals surface area (Å²) in [6, 6.07) is 5.77. The van der Waals surface area contributed by atoms with Crippen LogP contribution in [-0.4, -0.2) is 33.4 Å². The molecule has 28 heavy (non-hydrogen) atoms. The zero-order valence-electron chi connectivity index (χ0n) is 14.8. The SMILES string of the molecule is O=C(Cc1c(F)cccc1Cl)N1CCC(n2c(=O)[nH]c3ccsc3c2=O)CC1. The molecular formula is C19H17ClFN3O3S. The lowest BCUT2D eigenvalue weighted by molar-refractivity contribution is -0.131. The molecule has 1 N–H and O–H groups in total. The van der Waals surface area contributed by atoms with E-state index in [0.717, 1.165) is 0 Å². The highest BCUT2D eigenvalue weighted by molar-refractivity contribution is 7.17. The molecule has 6 nitrogen and oxygen atoms in total. The predicted octanol–water partition coefficient (Wildman–Crippen LogP) is 2.95. The highest BCUT2D eigenvalue weighted by Gasteiger charge is 2.27. The molecule has 1 fully saturated rings. The van der Waals surface area contributed by atoms with Crippen LogP contribution in [0.1, 0.15) is 24.4 Å². The summed E-state index contributed by atoms with van der Waals surface area (Å²) in [5.41, 5.74) is 0.00760. The van der Waals surface area contributed by atoms with Crippen LogP contribution in [0.5, 0.6) is 0 Å². The number of H-pyrrole nitrogens is 1. The highest BCUT2D eigenvalue weighted by atomic mass is 35.5. The molecule has 0 aliphatic carbocycles. The Morgan fingerprint density at radius 1 is 1.25 bits per heavy atom. The van der Waals surface area contributed by atoms with E-state index in [9.17, 15) is 18.8 Å². The number of hydrogen-bond donors (Lipinski definition) is 1. The number of hydrogen-bond acceptors (Lipinski definition) is 4. The molecule has 4 rings (SSSR count). The lowest BCUT2D eigenvalue weighted by Crippen LogP contribution is -2.45. The summed E-state index contributed by atoms with van der Waals surface area (Å²) in [5.74, 6) is -0.724. The summed E-state index contributed by atoms with van der Waals surface area (Å²) in [7, 11) is 0. The molecule has 1 saturated heterocycles. The summed E-state index contributed by atoms with van der Waals surface area (Å²) >= 11 is 7.30. The number of fused-ring (bicyclic) bond motifs is 1. The first-order valence-electron chi connectivity index (χ1n) is 8.88. The molecule has 3 aromatic rings. The first-order valence-corrected chi connectivity index (χ1v) is 10.1. The summed E-state index contributed by atoms with van der Waals surface area (Å²) in [5, 5.41) is 1.99. The standard InChI is InChI=1S/C19H17ClFN3O3S/c20-13-2-1-3-14(21)12(13)10-16(25)23-7-4-11(5-8-23)24-18(26)17-15(6-9-28-17)22-19(24)27/h1-3,6,9,11H,4-5,7-8,10H2,(H,22,27). The number of rotatable bonds is 3. The molecular weight excluding hydrogens is 405 g/mol. The van der Waals surface area contributed by atoms with Crippen molar-refractivity contribution in [2.75, 3.05) is 13.1 Å². The Labute approximate surface area is 168 Å². The topological polar surface area (TPSA) is 75.2 Å². The minimum absolute atomic E-state index is 0.113. The Kier molecular flexibility index (Phi) is 5.07. The summed E-state index contributed by atoms with van der Waals surface area (Å²) in [4.78, 5) is 41.9. The molecule has 0 atom stereocenters. The lowest BCUT2D eigenvalue weighted by atomic mass is 10.0. The number of halogens is 2. The maximum Gasteiger partial charge on any atom is 0.329 e. The molecule has 0 bridgehead atoms. The molecule has 9 heteroatoms. The minimum Gasteiger partial charge on any atom is -0.342 e. The number of likely N-dealkylation sites (tertiary alicyclic amines) is 1. The van der Waals surface area contributed by atoms with Gasteiger partial charge in [0, 0.05) is 29.7 Å². The fourth-order valence-electron chi connectivity index (χ4n) is 3.62. The maximum absolute atomic E-state index is 13.9. The van der Waals surface area contributed by atoms with Crippen molar-refractivity contribution in [2.24, 2.45) is 0 Å². The normalized spacial score (nSPS) is 15.3. The molecule has 0 radical (unpaired) electrons. The minimum atomic E-state index is -0.502. The van der Waals surface area contributed by atoms with Gasteiger partial charge in [-0.1, -0.05) is 17.7 Å². The van der Waals surface area contributed by atoms with E-state index in [1.807, 2.05) is 0 Å². The maximum atomic E-state index is 13.9. The van der Waals surface area contributed by atoms with Crippen molar-refractivity contribution in [3.05, 3.63) is 66.9 Å². The van der Waals surface area contributed by atoms with Gasteiger partial charge in [-0.15, -0.1) is 11.3 Å². The van der Waals surface area contributed by atoms with Gasteiger partial charge in [-0.3, -0.25) is 14.2 Å². The first kappa shape index (κ1) is 18.9. The van der Waals surface area contributed by atoms with Gasteiger partial charge >= 0.3 is 5.69 Å². The van der Waals surface area contributed by atoms with Crippen LogP contribution in [0.2, 0.25) is 5.02 Å². The Balaban J connectivity index is 1.49. The van der Waals surface area contributed by atoms with Crippen LogP contribution in [0.3, 0.4) is 0 Å². The summed E-state index contributed by atoms with van der Waals surface area (Å²) < 4.78 is 15.7. The quantitative estimate of drug-likeness (QED) is 0.706. The van der Waals surface area contributed by atoms with E-state index in [1.54, 1.807) is 22.4 Å². The van der Waals surface area contributed by atoms with Crippen molar-refractivity contribution in [3.63, 3.8) is 0 Å². The molecule has 3 heterocycles. The number of carbonyl (C=O) groups excluding carboxylic acids is 1. The van der Waals surface area contributed by atoms with Crippen molar-refractivity contribution in [1.82, 2.24) is 14.5 Å². The number of nitrogens with one attached hydrogen (secondary N) is 1. The summed E-state index contributed by atoms with van der Waals surface area (Å²) in [6.45, 7) is 0.786. The second-order valence-electron chi connectivity index (χ2n) is 6.76. The van der Waals surface area contributed by atoms with Gasteiger partial charge in [0.15, 0.2) is 0 Å². The fraction of sp³-hybridized carbons (Fsp3) is 0.316. The monoisotopic (exact) mass is 421 g/mol. The molecule has 0 saturated carbocycles. The lowest BCUT2D eigenvalue weighted by Gasteiger charge is -2.32. The van der Waals surface area contributed by atoms with Crippen molar-refractivity contribution < 1.29 is 9.18 Å². The number of benzene rings is 1. The molecule has 1 aliphatic heterocycles. The average Bonchev–Trinajstić information content (AvgIpc) is 3.14. The van der Waals surface area contributed by atoms with Crippen molar-refractivity contribution in [2.45, 2.75) is 25.3 Å². The first-order chi connectivity index (χ1) is 13.5. The van der Waals surface area contributed by atoms with Gasteiger partial charge in [0.1, 0.15) is 10.5 Å². The van der Waals surface area contributed by atoms with Crippen LogP contribution < -0.4 is 11.2 Å². The van der Waals surface area contributed by atoms with Crippen LogP contribution in [0.15, 0.2) is 39.2 Å². The molecule has 1 aromatic carbocycles. The number of carbonyl (C=O) groups is 1. The van der Waals surface area contributed by atoms with Crippen LogP contribution in [0, 0.1) is 5.82 Å². The molecule has 1 aliphatic rings. The van der Waals surface area contributed by atoms with Gasteiger partial charge in [-0.05, 0) is 36.4 Å². The molecule has 0 unspecified atom stereocenters. The number of aromatic nitrogens is 2. The summed E-state index contributed by atoms with van der Waals surface area (Å²) in [6.07, 6.45) is 0.852. The van der Waals surface area contributed by atoms with Crippen molar-refractivity contribution in [1.29, 1.82) is 0 Å². The highest BCUT2D eigenvalue weighted by Crippen LogP contribution is 2.24. The van der Waals surface area contributed by atoms with E-state index >= 15 is 0 Å². The third kappa shape index (κ3) is 3.38. The largest absolute Gasteiger partial charge is 0.342 e. The van der Waals surface area contributed by atoms with E-state index in [-0.39, 0.29) is 34.5 Å². The second-order valence-corrected chi connectivity index (χ2v) is 8.08. The van der Waals surface area contributed by atoms with Gasteiger partial charge in [0.05, 0.1) is 11.9 Å². The van der Waals surface area contributed by atoms with Crippen molar-refractivity contribution >= 4 is 39.1 Å². The van der Waals surface area contributed by atoms with E-state index in [0.29, 0.717) is 36.1 Å². The Bertz CT molecular complexity index is 1140. The smallest absolute Gasteiger partial charge is 0.329 e. The van der Waals surface area contributed by atoms with E-state index in [1.165, 1.54) is 28.0 Å². The van der Waals surface area contributed by atoms with E-state index in [2.05, 4.69) is 4.98 Å². The number of amides is 1. The predicted molar refractivity (Wildman–Crippen MR) is 107 cm³/mol. The van der Waals surface area contributed by atoms with Gasteiger partial charge < -0.3 is 9.88 Å². The third-order valence-electron chi connectivity index (χ3n) is 5.11. The van der Waals surface area contributed by atoms with Crippen molar-refractivity contribution in [3.8, 4) is 0 Å². The molecule has 1 amide bonds. The number of thiophene rings is 1. The Morgan fingerprint density at radius 2 is 2.00 bits per heavy atom. The van der Waals surface area contributed by atoms with Crippen LogP contribution in [0.25, 0.3) is 10.2 Å². The number of nitrogens with zero attached hydrogens (tertiary/aromatic N) is 2. The third-order valence-corrected chi connectivity index (χ3v) is 6.37. The number of aromatic amines is 1. The Hall–Kier alpha value is -2.45. The average molecular weight is 422 g/mol. The Morgan fingerprint density at radius 3 is 2.71 bits per heavy atom. The molecule has 146 valence electrons. The van der Waals surface area contributed by atoms with Gasteiger partial charge in [0.2, 0.25) is 5.91 Å². The zero-order valence-corrected chi connectivity index (χ0v) is 16.4. The van der Waals surface area contributed by atoms with Crippen LogP contribution >= 0.6 is 22.9 Å².